The van der Waals surface area contributed by atoms with Crippen molar-refractivity contribution < 1.29 is 30.8 Å². The van der Waals surface area contributed by atoms with Crippen LogP contribution in [0.5, 0.6) is 0 Å². The molecule has 1 fully saturated rings. The number of amides is 1. The smallest absolute Gasteiger partial charge is 0.323 e. The Balaban J connectivity index is 1.53. The number of nitrogens with zero attached hydrogens (tertiary/aromatic N) is 2. The van der Waals surface area contributed by atoms with Gasteiger partial charge in [-0.1, -0.05) is 6.07 Å². The standard InChI is InChI=1S/C23H22F4N4O3S2/c1-12-19(30-21(35-12)31-36(33,34)16-5-6-16)22(2,3)20(32)29-18-7-4-13(9-17(18)24)14-8-15(11-28-10-14)23(25,26)27/h4,7-11,16H,5-6H2,1-3H3,(H,29,32)(H,30,31). The molecule has 1 amide bonds. The molecule has 1 aliphatic rings. The second-order valence-electron chi connectivity index (χ2n) is 9.00. The van der Waals surface area contributed by atoms with Gasteiger partial charge in [0.15, 0.2) is 5.13 Å². The van der Waals surface area contributed by atoms with E-state index in [9.17, 15) is 30.8 Å². The maximum atomic E-state index is 14.8. The van der Waals surface area contributed by atoms with Gasteiger partial charge >= 0.3 is 6.18 Å². The van der Waals surface area contributed by atoms with Gasteiger partial charge < -0.3 is 5.32 Å². The summed E-state index contributed by atoms with van der Waals surface area (Å²) in [5, 5.41) is 2.21. The number of halogens is 4. The molecule has 192 valence electrons. The molecule has 0 radical (unpaired) electrons. The van der Waals surface area contributed by atoms with E-state index in [0.717, 1.165) is 23.5 Å². The highest BCUT2D eigenvalue weighted by Crippen LogP contribution is 2.36. The second-order valence-corrected chi connectivity index (χ2v) is 12.2. The molecule has 1 aromatic carbocycles. The maximum Gasteiger partial charge on any atom is 0.417 e. The third-order valence-electron chi connectivity index (χ3n) is 5.77. The van der Waals surface area contributed by atoms with E-state index in [1.807, 2.05) is 0 Å². The zero-order chi connectivity index (χ0) is 26.5. The van der Waals surface area contributed by atoms with Crippen molar-refractivity contribution in [3.05, 3.63) is 58.6 Å². The third-order valence-corrected chi connectivity index (χ3v) is 8.61. The molecule has 36 heavy (non-hydrogen) atoms. The molecule has 4 rings (SSSR count). The van der Waals surface area contributed by atoms with E-state index < -0.39 is 44.2 Å². The molecule has 3 aromatic rings. The molecule has 0 bridgehead atoms. The molecule has 2 N–H and O–H groups in total. The molecule has 0 atom stereocenters. The number of hydrogen-bond acceptors (Lipinski definition) is 6. The number of nitrogens with one attached hydrogen (secondary N) is 2. The van der Waals surface area contributed by atoms with Crippen molar-refractivity contribution in [2.75, 3.05) is 10.0 Å². The summed E-state index contributed by atoms with van der Waals surface area (Å²) in [6.07, 6.45) is -1.54. The molecular formula is C23H22F4N4O3S2. The number of rotatable bonds is 7. The van der Waals surface area contributed by atoms with Crippen molar-refractivity contribution in [1.82, 2.24) is 9.97 Å². The molecule has 0 aliphatic heterocycles. The summed E-state index contributed by atoms with van der Waals surface area (Å²) in [5.74, 6) is -1.44. The van der Waals surface area contributed by atoms with E-state index in [-0.39, 0.29) is 21.9 Å². The molecule has 7 nitrogen and oxygen atoms in total. The lowest BCUT2D eigenvalue weighted by molar-refractivity contribution is -0.137. The van der Waals surface area contributed by atoms with Crippen LogP contribution in [0.25, 0.3) is 11.1 Å². The molecule has 0 unspecified atom stereocenters. The van der Waals surface area contributed by atoms with Gasteiger partial charge in [0.2, 0.25) is 15.9 Å². The van der Waals surface area contributed by atoms with E-state index in [1.54, 1.807) is 20.8 Å². The van der Waals surface area contributed by atoms with Crippen LogP contribution in [0.15, 0.2) is 36.7 Å². The highest BCUT2D eigenvalue weighted by atomic mass is 32.2. The predicted octanol–water partition coefficient (Wildman–Crippen LogP) is 5.49. The van der Waals surface area contributed by atoms with Gasteiger partial charge in [-0.3, -0.25) is 14.5 Å². The van der Waals surface area contributed by atoms with Gasteiger partial charge in [-0.15, -0.1) is 11.3 Å². The van der Waals surface area contributed by atoms with Crippen LogP contribution < -0.4 is 10.0 Å². The van der Waals surface area contributed by atoms with Crippen LogP contribution in [-0.2, 0) is 26.4 Å². The minimum Gasteiger partial charge on any atom is -0.323 e. The SMILES string of the molecule is Cc1sc(NS(=O)(=O)C2CC2)nc1C(C)(C)C(=O)Nc1ccc(-c2cncc(C(F)(F)F)c2)cc1F. The normalized spacial score (nSPS) is 14.5. The highest BCUT2D eigenvalue weighted by molar-refractivity contribution is 7.93. The molecular weight excluding hydrogens is 520 g/mol. The molecule has 2 aromatic heterocycles. The lowest BCUT2D eigenvalue weighted by Gasteiger charge is -2.23. The Bertz CT molecular complexity index is 1430. The fourth-order valence-electron chi connectivity index (χ4n) is 3.54. The van der Waals surface area contributed by atoms with Gasteiger partial charge in [0.05, 0.1) is 27.6 Å². The van der Waals surface area contributed by atoms with E-state index in [2.05, 4.69) is 20.0 Å². The summed E-state index contributed by atoms with van der Waals surface area (Å²) < 4.78 is 80.6. The Kier molecular flexibility index (Phi) is 6.58. The fraction of sp³-hybridized carbons (Fsp3) is 0.348. The predicted molar refractivity (Wildman–Crippen MR) is 129 cm³/mol. The van der Waals surface area contributed by atoms with Crippen LogP contribution in [0.1, 0.15) is 42.8 Å². The number of benzene rings is 1. The van der Waals surface area contributed by atoms with E-state index in [4.69, 9.17) is 0 Å². The quantitative estimate of drug-likeness (QED) is 0.385. The van der Waals surface area contributed by atoms with E-state index in [1.165, 1.54) is 18.3 Å². The van der Waals surface area contributed by atoms with Gasteiger partial charge in [0.25, 0.3) is 0 Å². The first-order chi connectivity index (χ1) is 16.7. The first-order valence-corrected chi connectivity index (χ1v) is 13.2. The highest BCUT2D eigenvalue weighted by Gasteiger charge is 2.38. The number of alkyl halides is 3. The number of aromatic nitrogens is 2. The third kappa shape index (κ3) is 5.36. The molecule has 0 saturated heterocycles. The van der Waals surface area contributed by atoms with E-state index in [0.29, 0.717) is 29.6 Å². The van der Waals surface area contributed by atoms with Crippen LogP contribution in [0.3, 0.4) is 0 Å². The van der Waals surface area contributed by atoms with Gasteiger partial charge in [-0.2, -0.15) is 13.2 Å². The maximum absolute atomic E-state index is 14.8. The van der Waals surface area contributed by atoms with Crippen LogP contribution in [-0.4, -0.2) is 29.5 Å². The first kappa shape index (κ1) is 26.0. The minimum absolute atomic E-state index is 0.0706. The number of carbonyl (C=O) groups excluding carboxylic acids is 1. The van der Waals surface area contributed by atoms with Gasteiger partial charge in [0.1, 0.15) is 5.82 Å². The summed E-state index contributed by atoms with van der Waals surface area (Å²) in [7, 11) is -3.52. The van der Waals surface area contributed by atoms with Crippen molar-refractivity contribution in [2.24, 2.45) is 0 Å². The lowest BCUT2D eigenvalue weighted by atomic mass is 9.87. The monoisotopic (exact) mass is 542 g/mol. The Morgan fingerprint density at radius 2 is 1.81 bits per heavy atom. The summed E-state index contributed by atoms with van der Waals surface area (Å²) in [6, 6.07) is 4.51. The summed E-state index contributed by atoms with van der Waals surface area (Å²) in [4.78, 5) is 21.6. The summed E-state index contributed by atoms with van der Waals surface area (Å²) in [5.41, 5.74) is -1.81. The minimum atomic E-state index is -4.59. The molecule has 1 saturated carbocycles. The Morgan fingerprint density at radius 3 is 2.42 bits per heavy atom. The molecule has 13 heteroatoms. The zero-order valence-corrected chi connectivity index (χ0v) is 21.0. The topological polar surface area (TPSA) is 101 Å². The number of hydrogen-bond donors (Lipinski definition) is 2. The number of anilines is 2. The van der Waals surface area contributed by atoms with Crippen LogP contribution in [0.4, 0.5) is 28.4 Å². The van der Waals surface area contributed by atoms with Crippen molar-refractivity contribution in [2.45, 2.75) is 50.5 Å². The average Bonchev–Trinajstić information content (AvgIpc) is 3.58. The van der Waals surface area contributed by atoms with Crippen molar-refractivity contribution in [3.63, 3.8) is 0 Å². The van der Waals surface area contributed by atoms with Crippen LogP contribution in [0.2, 0.25) is 0 Å². The van der Waals surface area contributed by atoms with Crippen LogP contribution in [0, 0.1) is 12.7 Å². The first-order valence-electron chi connectivity index (χ1n) is 10.8. The lowest BCUT2D eigenvalue weighted by Crippen LogP contribution is -2.36. The van der Waals surface area contributed by atoms with Crippen molar-refractivity contribution in [3.8, 4) is 11.1 Å². The summed E-state index contributed by atoms with van der Waals surface area (Å²) >= 11 is 1.10. The van der Waals surface area contributed by atoms with Crippen LogP contribution >= 0.6 is 11.3 Å². The molecule has 2 heterocycles. The Hall–Kier alpha value is -3.06. The van der Waals surface area contributed by atoms with Crippen molar-refractivity contribution >= 4 is 38.1 Å². The second kappa shape index (κ2) is 9.11. The summed E-state index contributed by atoms with van der Waals surface area (Å²) in [6.45, 7) is 4.85. The zero-order valence-electron chi connectivity index (χ0n) is 19.4. The Morgan fingerprint density at radius 1 is 1.11 bits per heavy atom. The van der Waals surface area contributed by atoms with Gasteiger partial charge in [-0.05, 0) is 57.4 Å². The fourth-order valence-corrected chi connectivity index (χ4v) is 6.09. The molecule has 0 spiro atoms. The number of sulfonamides is 1. The number of thiazole rings is 1. The molecule has 1 aliphatic carbocycles. The van der Waals surface area contributed by atoms with E-state index >= 15 is 0 Å². The number of pyridine rings is 1. The van der Waals surface area contributed by atoms with Gasteiger partial charge in [-0.25, -0.2) is 17.8 Å². The van der Waals surface area contributed by atoms with Crippen molar-refractivity contribution in [1.29, 1.82) is 0 Å². The largest absolute Gasteiger partial charge is 0.417 e. The Labute approximate surface area is 209 Å². The van der Waals surface area contributed by atoms with Gasteiger partial charge in [0, 0.05) is 22.8 Å². The number of carbonyl (C=O) groups is 1. The average molecular weight is 543 g/mol. The number of aryl methyl sites for hydroxylation is 1.